The molecule has 0 bridgehead atoms. The van der Waals surface area contributed by atoms with E-state index in [1.165, 1.54) is 10.1 Å². The van der Waals surface area contributed by atoms with Gasteiger partial charge in [0.2, 0.25) is 0 Å². The van der Waals surface area contributed by atoms with Crippen molar-refractivity contribution < 1.29 is 9.90 Å². The first-order valence-corrected chi connectivity index (χ1v) is 7.10. The summed E-state index contributed by atoms with van der Waals surface area (Å²) in [5.41, 5.74) is 2.98. The number of benzene rings is 2. The highest BCUT2D eigenvalue weighted by molar-refractivity contribution is 7.17. The molecule has 0 radical (unpaired) electrons. The number of fused-ring (bicyclic) bond motifs is 1. The fraction of sp³-hybridized carbons (Fsp3) is 0.0625. The van der Waals surface area contributed by atoms with Gasteiger partial charge in [0.05, 0.1) is 5.56 Å². The van der Waals surface area contributed by atoms with E-state index in [9.17, 15) is 4.79 Å². The Morgan fingerprint density at radius 1 is 1.10 bits per heavy atom. The molecule has 2 N–H and O–H groups in total. The zero-order chi connectivity index (χ0) is 14.1. The monoisotopic (exact) mass is 283 g/mol. The van der Waals surface area contributed by atoms with Gasteiger partial charge in [-0.2, -0.15) is 0 Å². The lowest BCUT2D eigenvalue weighted by Crippen LogP contribution is -2.00. The van der Waals surface area contributed by atoms with E-state index in [4.69, 9.17) is 5.11 Å². The average molecular weight is 283 g/mol. The molecule has 2 aromatic carbocycles. The van der Waals surface area contributed by atoms with Crippen molar-refractivity contribution >= 4 is 38.8 Å². The SMILES string of the molecule is Cc1cc(Nc2ccc3sccc3c2)ccc1C(=O)O. The second kappa shape index (κ2) is 4.98. The number of hydrogen-bond donors (Lipinski definition) is 2. The maximum Gasteiger partial charge on any atom is 0.335 e. The van der Waals surface area contributed by atoms with Gasteiger partial charge in [0.1, 0.15) is 0 Å². The number of nitrogens with one attached hydrogen (secondary N) is 1. The van der Waals surface area contributed by atoms with Crippen molar-refractivity contribution in [2.75, 3.05) is 5.32 Å². The first-order valence-electron chi connectivity index (χ1n) is 6.22. The first kappa shape index (κ1) is 12.7. The summed E-state index contributed by atoms with van der Waals surface area (Å²) in [7, 11) is 0. The van der Waals surface area contributed by atoms with Gasteiger partial charge in [-0.1, -0.05) is 0 Å². The number of anilines is 2. The summed E-state index contributed by atoms with van der Waals surface area (Å²) in [6.07, 6.45) is 0. The predicted octanol–water partition coefficient (Wildman–Crippen LogP) is 4.65. The van der Waals surface area contributed by atoms with Crippen LogP contribution in [-0.4, -0.2) is 11.1 Å². The van der Waals surface area contributed by atoms with Crippen LogP contribution in [0.2, 0.25) is 0 Å². The van der Waals surface area contributed by atoms with Crippen LogP contribution in [0, 0.1) is 6.92 Å². The molecule has 3 rings (SSSR count). The van der Waals surface area contributed by atoms with Crippen LogP contribution in [0.4, 0.5) is 11.4 Å². The molecule has 0 aliphatic carbocycles. The van der Waals surface area contributed by atoms with E-state index in [2.05, 4.69) is 28.9 Å². The predicted molar refractivity (Wildman–Crippen MR) is 83.2 cm³/mol. The van der Waals surface area contributed by atoms with Crippen LogP contribution in [0.25, 0.3) is 10.1 Å². The Balaban J connectivity index is 1.90. The van der Waals surface area contributed by atoms with Gasteiger partial charge in [-0.15, -0.1) is 11.3 Å². The van der Waals surface area contributed by atoms with E-state index in [-0.39, 0.29) is 0 Å². The van der Waals surface area contributed by atoms with E-state index in [0.29, 0.717) is 5.56 Å². The van der Waals surface area contributed by atoms with Gasteiger partial charge in [0.15, 0.2) is 0 Å². The van der Waals surface area contributed by atoms with Crippen LogP contribution in [-0.2, 0) is 0 Å². The van der Waals surface area contributed by atoms with Crippen LogP contribution >= 0.6 is 11.3 Å². The van der Waals surface area contributed by atoms with Crippen molar-refractivity contribution in [2.45, 2.75) is 6.92 Å². The van der Waals surface area contributed by atoms with Crippen molar-refractivity contribution in [3.05, 3.63) is 59.0 Å². The van der Waals surface area contributed by atoms with Gasteiger partial charge in [-0.25, -0.2) is 4.79 Å². The largest absolute Gasteiger partial charge is 0.478 e. The number of thiophene rings is 1. The highest BCUT2D eigenvalue weighted by Gasteiger charge is 2.07. The molecule has 100 valence electrons. The summed E-state index contributed by atoms with van der Waals surface area (Å²) in [5, 5.41) is 15.6. The zero-order valence-electron chi connectivity index (χ0n) is 10.9. The molecular formula is C16H13NO2S. The van der Waals surface area contributed by atoms with Gasteiger partial charge < -0.3 is 10.4 Å². The number of aryl methyl sites for hydroxylation is 1. The number of carboxylic acids is 1. The molecule has 0 atom stereocenters. The Morgan fingerprint density at radius 2 is 1.85 bits per heavy atom. The van der Waals surface area contributed by atoms with Crippen LogP contribution in [0.3, 0.4) is 0 Å². The lowest BCUT2D eigenvalue weighted by molar-refractivity contribution is 0.0696. The third-order valence-corrected chi connectivity index (χ3v) is 4.10. The molecule has 0 aliphatic heterocycles. The normalized spacial score (nSPS) is 10.7. The Kier molecular flexibility index (Phi) is 3.16. The third kappa shape index (κ3) is 2.38. The first-order chi connectivity index (χ1) is 9.63. The van der Waals surface area contributed by atoms with E-state index >= 15 is 0 Å². The van der Waals surface area contributed by atoms with Crippen molar-refractivity contribution in [1.29, 1.82) is 0 Å². The van der Waals surface area contributed by atoms with Crippen molar-refractivity contribution in [3.63, 3.8) is 0 Å². The molecule has 20 heavy (non-hydrogen) atoms. The molecule has 1 aromatic heterocycles. The summed E-state index contributed by atoms with van der Waals surface area (Å²) in [4.78, 5) is 11.0. The molecule has 0 saturated heterocycles. The fourth-order valence-corrected chi connectivity index (χ4v) is 2.96. The van der Waals surface area contributed by atoms with Gasteiger partial charge in [0.25, 0.3) is 0 Å². The molecule has 0 spiro atoms. The Bertz CT molecular complexity index is 792. The van der Waals surface area contributed by atoms with Crippen molar-refractivity contribution in [1.82, 2.24) is 0 Å². The Morgan fingerprint density at radius 3 is 2.60 bits per heavy atom. The maximum atomic E-state index is 11.0. The van der Waals surface area contributed by atoms with Crippen LogP contribution in [0.1, 0.15) is 15.9 Å². The molecule has 0 unspecified atom stereocenters. The quantitative estimate of drug-likeness (QED) is 0.735. The second-order valence-corrected chi connectivity index (χ2v) is 5.58. The summed E-state index contributed by atoms with van der Waals surface area (Å²) < 4.78 is 1.26. The molecule has 0 aliphatic rings. The number of carbonyl (C=O) groups is 1. The number of aromatic carboxylic acids is 1. The Labute approximate surface area is 120 Å². The lowest BCUT2D eigenvalue weighted by atomic mass is 10.1. The fourth-order valence-electron chi connectivity index (χ4n) is 2.19. The van der Waals surface area contributed by atoms with Crippen LogP contribution in [0.5, 0.6) is 0 Å². The minimum atomic E-state index is -0.895. The number of hydrogen-bond acceptors (Lipinski definition) is 3. The minimum absolute atomic E-state index is 0.337. The number of carboxylic acid groups (broad SMARTS) is 1. The molecule has 1 heterocycles. The van der Waals surface area contributed by atoms with Gasteiger partial charge in [0, 0.05) is 16.1 Å². The van der Waals surface area contributed by atoms with E-state index in [1.807, 2.05) is 12.1 Å². The van der Waals surface area contributed by atoms with E-state index in [1.54, 1.807) is 30.4 Å². The molecular weight excluding hydrogens is 270 g/mol. The summed E-state index contributed by atoms with van der Waals surface area (Å²) in [6.45, 7) is 1.80. The topological polar surface area (TPSA) is 49.3 Å². The van der Waals surface area contributed by atoms with Crippen LogP contribution in [0.15, 0.2) is 47.8 Å². The molecule has 0 fully saturated rings. The zero-order valence-corrected chi connectivity index (χ0v) is 11.7. The molecule has 3 aromatic rings. The third-order valence-electron chi connectivity index (χ3n) is 3.20. The Hall–Kier alpha value is -2.33. The molecule has 3 nitrogen and oxygen atoms in total. The minimum Gasteiger partial charge on any atom is -0.478 e. The van der Waals surface area contributed by atoms with Crippen molar-refractivity contribution in [2.24, 2.45) is 0 Å². The molecule has 0 amide bonds. The van der Waals surface area contributed by atoms with E-state index < -0.39 is 5.97 Å². The highest BCUT2D eigenvalue weighted by atomic mass is 32.1. The van der Waals surface area contributed by atoms with Crippen LogP contribution < -0.4 is 5.32 Å². The molecule has 4 heteroatoms. The second-order valence-electron chi connectivity index (χ2n) is 4.63. The maximum absolute atomic E-state index is 11.0. The average Bonchev–Trinajstić information content (AvgIpc) is 2.85. The van der Waals surface area contributed by atoms with Gasteiger partial charge in [-0.05, 0) is 65.7 Å². The summed E-state index contributed by atoms with van der Waals surface area (Å²) in [5.74, 6) is -0.895. The lowest BCUT2D eigenvalue weighted by Gasteiger charge is -2.09. The highest BCUT2D eigenvalue weighted by Crippen LogP contribution is 2.26. The standard InChI is InChI=1S/C16H13NO2S/c1-10-8-12(2-4-14(10)16(18)19)17-13-3-5-15-11(9-13)6-7-20-15/h2-9,17H,1H3,(H,18,19). The number of rotatable bonds is 3. The summed E-state index contributed by atoms with van der Waals surface area (Å²) >= 11 is 1.72. The van der Waals surface area contributed by atoms with Crippen molar-refractivity contribution in [3.8, 4) is 0 Å². The van der Waals surface area contributed by atoms with Gasteiger partial charge in [-0.3, -0.25) is 0 Å². The summed E-state index contributed by atoms with van der Waals surface area (Å²) in [6, 6.07) is 13.6. The molecule has 0 saturated carbocycles. The van der Waals surface area contributed by atoms with E-state index in [0.717, 1.165) is 16.9 Å². The van der Waals surface area contributed by atoms with Gasteiger partial charge >= 0.3 is 5.97 Å². The smallest absolute Gasteiger partial charge is 0.335 e.